The number of hydrogen-bond donors (Lipinski definition) is 0. The molecule has 0 amide bonds. The van der Waals surface area contributed by atoms with Crippen LogP contribution < -0.4 is 9.47 Å². The first-order chi connectivity index (χ1) is 10.5. The van der Waals surface area contributed by atoms with Gasteiger partial charge in [-0.1, -0.05) is 0 Å². The Morgan fingerprint density at radius 2 is 2.05 bits per heavy atom. The summed E-state index contributed by atoms with van der Waals surface area (Å²) in [5.41, 5.74) is 0.757. The van der Waals surface area contributed by atoms with Crippen LogP contribution in [0.25, 0.3) is 0 Å². The van der Waals surface area contributed by atoms with Crippen molar-refractivity contribution in [3.05, 3.63) is 23.5 Å². The molecule has 2 fully saturated rings. The Morgan fingerprint density at radius 1 is 1.27 bits per heavy atom. The lowest BCUT2D eigenvalue weighted by Crippen LogP contribution is -2.46. The predicted octanol–water partition coefficient (Wildman–Crippen LogP) is 2.54. The highest BCUT2D eigenvalue weighted by molar-refractivity contribution is 5.81. The lowest BCUT2D eigenvalue weighted by molar-refractivity contribution is -0.122. The summed E-state index contributed by atoms with van der Waals surface area (Å²) in [4.78, 5) is 14.1. The molecule has 0 bridgehead atoms. The zero-order valence-electron chi connectivity index (χ0n) is 13.3. The number of fused-ring (bicyclic) bond motifs is 1. The number of likely N-dealkylation sites (tertiary alicyclic amines) is 1. The number of ether oxygens (including phenoxy) is 2. The van der Waals surface area contributed by atoms with Gasteiger partial charge in [0, 0.05) is 24.3 Å². The first kappa shape index (κ1) is 15.3. The third kappa shape index (κ3) is 2.19. The zero-order valence-corrected chi connectivity index (χ0v) is 13.3. The van der Waals surface area contributed by atoms with Crippen LogP contribution in [0.3, 0.4) is 0 Å². The standard InChI is InChI=1S/C17H22FNO3/c1-19-7-6-17(5-4-12(20)10-15(17)19)11-8-13(18)16(22-3)14(9-11)21-2/h8-9,15H,4-7,10H2,1-3H3/t15-,17-/m1/s1. The average Bonchev–Trinajstić information content (AvgIpc) is 2.84. The monoisotopic (exact) mass is 307 g/mol. The lowest BCUT2D eigenvalue weighted by atomic mass is 9.66. The molecular formula is C17H22FNO3. The number of halogens is 1. The highest BCUT2D eigenvalue weighted by Crippen LogP contribution is 2.49. The third-order valence-electron chi connectivity index (χ3n) is 5.36. The third-order valence-corrected chi connectivity index (χ3v) is 5.36. The lowest BCUT2D eigenvalue weighted by Gasteiger charge is -2.41. The van der Waals surface area contributed by atoms with Gasteiger partial charge >= 0.3 is 0 Å². The second kappa shape index (κ2) is 5.54. The van der Waals surface area contributed by atoms with Gasteiger partial charge in [-0.05, 0) is 44.1 Å². The molecule has 1 heterocycles. The van der Waals surface area contributed by atoms with E-state index in [0.29, 0.717) is 24.4 Å². The molecule has 1 aromatic rings. The molecule has 0 radical (unpaired) electrons. The summed E-state index contributed by atoms with van der Waals surface area (Å²) in [7, 11) is 4.99. The van der Waals surface area contributed by atoms with Crippen LogP contribution in [0.15, 0.2) is 12.1 Å². The summed E-state index contributed by atoms with van der Waals surface area (Å²) >= 11 is 0. The van der Waals surface area contributed by atoms with Crippen LogP contribution in [0.2, 0.25) is 0 Å². The van der Waals surface area contributed by atoms with Gasteiger partial charge in [0.25, 0.3) is 0 Å². The summed E-state index contributed by atoms with van der Waals surface area (Å²) < 4.78 is 24.8. The van der Waals surface area contributed by atoms with Gasteiger partial charge < -0.3 is 14.4 Å². The maximum absolute atomic E-state index is 14.4. The normalized spacial score (nSPS) is 28.5. The van der Waals surface area contributed by atoms with Crippen molar-refractivity contribution >= 4 is 5.78 Å². The van der Waals surface area contributed by atoms with E-state index in [1.54, 1.807) is 6.07 Å². The molecule has 1 aliphatic carbocycles. The topological polar surface area (TPSA) is 38.8 Å². The van der Waals surface area contributed by atoms with Gasteiger partial charge in [0.2, 0.25) is 0 Å². The first-order valence-corrected chi connectivity index (χ1v) is 7.66. The molecule has 3 rings (SSSR count). The number of methoxy groups -OCH3 is 2. The van der Waals surface area contributed by atoms with Crippen LogP contribution >= 0.6 is 0 Å². The molecule has 0 N–H and O–H groups in total. The summed E-state index contributed by atoms with van der Waals surface area (Å²) in [6.07, 6.45) is 2.83. The minimum Gasteiger partial charge on any atom is -0.493 e. The van der Waals surface area contributed by atoms with E-state index in [0.717, 1.165) is 24.9 Å². The van der Waals surface area contributed by atoms with Crippen molar-refractivity contribution in [3.8, 4) is 11.5 Å². The highest BCUT2D eigenvalue weighted by atomic mass is 19.1. The summed E-state index contributed by atoms with van der Waals surface area (Å²) in [5.74, 6) is 0.446. The molecule has 0 spiro atoms. The van der Waals surface area contributed by atoms with Gasteiger partial charge in [0.1, 0.15) is 5.78 Å². The highest BCUT2D eigenvalue weighted by Gasteiger charge is 2.50. The van der Waals surface area contributed by atoms with Gasteiger partial charge in [-0.2, -0.15) is 0 Å². The number of Topliss-reactive ketones (excluding diaryl/α,β-unsaturated/α-hetero) is 1. The van der Waals surface area contributed by atoms with Crippen molar-refractivity contribution in [2.75, 3.05) is 27.8 Å². The van der Waals surface area contributed by atoms with Crippen LogP contribution in [-0.2, 0) is 10.2 Å². The molecule has 120 valence electrons. The van der Waals surface area contributed by atoms with E-state index in [4.69, 9.17) is 9.47 Å². The van der Waals surface area contributed by atoms with Gasteiger partial charge in [0.15, 0.2) is 17.3 Å². The maximum Gasteiger partial charge on any atom is 0.196 e. The van der Waals surface area contributed by atoms with Crippen molar-refractivity contribution in [3.63, 3.8) is 0 Å². The molecule has 1 saturated carbocycles. The Labute approximate surface area is 130 Å². The molecule has 1 saturated heterocycles. The molecule has 0 aromatic heterocycles. The van der Waals surface area contributed by atoms with Crippen LogP contribution in [0.4, 0.5) is 4.39 Å². The molecule has 2 aliphatic rings. The van der Waals surface area contributed by atoms with Crippen molar-refractivity contribution < 1.29 is 18.7 Å². The van der Waals surface area contributed by atoms with E-state index in [2.05, 4.69) is 4.90 Å². The largest absolute Gasteiger partial charge is 0.493 e. The summed E-state index contributed by atoms with van der Waals surface area (Å²) in [6.45, 7) is 0.925. The van der Waals surface area contributed by atoms with Crippen LogP contribution in [0, 0.1) is 5.82 Å². The maximum atomic E-state index is 14.4. The smallest absolute Gasteiger partial charge is 0.196 e. The molecular weight excluding hydrogens is 285 g/mol. The molecule has 2 atom stereocenters. The zero-order chi connectivity index (χ0) is 15.9. The Bertz CT molecular complexity index is 604. The van der Waals surface area contributed by atoms with E-state index in [1.807, 2.05) is 13.1 Å². The fourth-order valence-corrected chi connectivity index (χ4v) is 4.13. The minimum atomic E-state index is -0.406. The fraction of sp³-hybridized carbons (Fsp3) is 0.588. The number of likely N-dealkylation sites (N-methyl/N-ethyl adjacent to an activating group) is 1. The van der Waals surface area contributed by atoms with Crippen molar-refractivity contribution in [2.24, 2.45) is 0 Å². The van der Waals surface area contributed by atoms with Crippen LogP contribution in [0.1, 0.15) is 31.2 Å². The molecule has 0 unspecified atom stereocenters. The van der Waals surface area contributed by atoms with E-state index in [-0.39, 0.29) is 17.2 Å². The molecule has 1 aliphatic heterocycles. The number of ketones is 1. The Kier molecular flexibility index (Phi) is 3.85. The van der Waals surface area contributed by atoms with E-state index >= 15 is 0 Å². The SMILES string of the molecule is COc1cc([C@]23CCC(=O)C[C@H]2N(C)CC3)cc(F)c1OC. The molecule has 1 aromatic carbocycles. The number of carbonyl (C=O) groups is 1. The average molecular weight is 307 g/mol. The molecule has 22 heavy (non-hydrogen) atoms. The first-order valence-electron chi connectivity index (χ1n) is 7.66. The quantitative estimate of drug-likeness (QED) is 0.860. The molecule has 5 heteroatoms. The number of rotatable bonds is 3. The van der Waals surface area contributed by atoms with E-state index in [9.17, 15) is 9.18 Å². The fourth-order valence-electron chi connectivity index (χ4n) is 4.13. The Morgan fingerprint density at radius 3 is 2.73 bits per heavy atom. The van der Waals surface area contributed by atoms with Gasteiger partial charge in [-0.25, -0.2) is 4.39 Å². The second-order valence-corrected chi connectivity index (χ2v) is 6.34. The number of hydrogen-bond acceptors (Lipinski definition) is 4. The number of nitrogens with zero attached hydrogens (tertiary/aromatic N) is 1. The van der Waals surface area contributed by atoms with Gasteiger partial charge in [0.05, 0.1) is 14.2 Å². The van der Waals surface area contributed by atoms with Crippen LogP contribution in [0.5, 0.6) is 11.5 Å². The van der Waals surface area contributed by atoms with Gasteiger partial charge in [-0.15, -0.1) is 0 Å². The van der Waals surface area contributed by atoms with Crippen molar-refractivity contribution in [1.29, 1.82) is 0 Å². The van der Waals surface area contributed by atoms with Gasteiger partial charge in [-0.3, -0.25) is 4.79 Å². The van der Waals surface area contributed by atoms with Crippen molar-refractivity contribution in [1.82, 2.24) is 4.90 Å². The molecule has 4 nitrogen and oxygen atoms in total. The summed E-state index contributed by atoms with van der Waals surface area (Å²) in [5, 5.41) is 0. The van der Waals surface area contributed by atoms with E-state index < -0.39 is 5.82 Å². The van der Waals surface area contributed by atoms with E-state index in [1.165, 1.54) is 14.2 Å². The van der Waals surface area contributed by atoms with Crippen molar-refractivity contribution in [2.45, 2.75) is 37.1 Å². The van der Waals surface area contributed by atoms with Crippen LogP contribution in [-0.4, -0.2) is 44.5 Å². The summed E-state index contributed by atoms with van der Waals surface area (Å²) in [6, 6.07) is 3.58. The number of carbonyl (C=O) groups excluding carboxylic acids is 1. The minimum absolute atomic E-state index is 0.137. The Balaban J connectivity index is 2.09. The predicted molar refractivity (Wildman–Crippen MR) is 81.1 cm³/mol. The number of benzene rings is 1. The second-order valence-electron chi connectivity index (χ2n) is 6.34. The Hall–Kier alpha value is -1.62.